The van der Waals surface area contributed by atoms with Crippen LogP contribution in [-0.4, -0.2) is 19.6 Å². The zero-order chi connectivity index (χ0) is 15.7. The molecule has 0 unspecified atom stereocenters. The SMILES string of the molecule is C[C@@H](O)c1nc2cc([N+](=O)[O-])ccc2n1Cc1ccccc1. The first kappa shape index (κ1) is 14.2. The molecule has 0 aliphatic heterocycles. The summed E-state index contributed by atoms with van der Waals surface area (Å²) in [5.41, 5.74) is 2.35. The van der Waals surface area contributed by atoms with Crippen LogP contribution in [0.15, 0.2) is 48.5 Å². The molecule has 0 bridgehead atoms. The monoisotopic (exact) mass is 297 g/mol. The highest BCUT2D eigenvalue weighted by Crippen LogP contribution is 2.25. The van der Waals surface area contributed by atoms with Gasteiger partial charge in [-0.15, -0.1) is 0 Å². The summed E-state index contributed by atoms with van der Waals surface area (Å²) in [5, 5.41) is 20.8. The van der Waals surface area contributed by atoms with Gasteiger partial charge in [0.25, 0.3) is 5.69 Å². The van der Waals surface area contributed by atoms with E-state index in [1.54, 1.807) is 13.0 Å². The molecule has 6 heteroatoms. The van der Waals surface area contributed by atoms with Gasteiger partial charge in [-0.2, -0.15) is 0 Å². The van der Waals surface area contributed by atoms with E-state index in [0.29, 0.717) is 17.9 Å². The van der Waals surface area contributed by atoms with E-state index >= 15 is 0 Å². The van der Waals surface area contributed by atoms with E-state index in [2.05, 4.69) is 4.98 Å². The molecule has 3 aromatic rings. The van der Waals surface area contributed by atoms with E-state index in [-0.39, 0.29) is 5.69 Å². The molecular formula is C16H15N3O3. The first-order valence-corrected chi connectivity index (χ1v) is 6.93. The Hall–Kier alpha value is -2.73. The maximum absolute atomic E-state index is 10.9. The molecule has 0 saturated carbocycles. The van der Waals surface area contributed by atoms with Gasteiger partial charge in [0.15, 0.2) is 0 Å². The first-order valence-electron chi connectivity index (χ1n) is 6.93. The van der Waals surface area contributed by atoms with E-state index in [9.17, 15) is 15.2 Å². The van der Waals surface area contributed by atoms with Crippen molar-refractivity contribution in [2.75, 3.05) is 0 Å². The van der Waals surface area contributed by atoms with Gasteiger partial charge in [-0.25, -0.2) is 4.98 Å². The predicted molar refractivity (Wildman–Crippen MR) is 82.6 cm³/mol. The lowest BCUT2D eigenvalue weighted by Crippen LogP contribution is -2.07. The summed E-state index contributed by atoms with van der Waals surface area (Å²) >= 11 is 0. The van der Waals surface area contributed by atoms with E-state index in [0.717, 1.165) is 11.1 Å². The van der Waals surface area contributed by atoms with E-state index in [4.69, 9.17) is 0 Å². The van der Waals surface area contributed by atoms with Crippen molar-refractivity contribution in [3.8, 4) is 0 Å². The average molecular weight is 297 g/mol. The van der Waals surface area contributed by atoms with Crippen molar-refractivity contribution in [1.29, 1.82) is 0 Å². The van der Waals surface area contributed by atoms with Crippen LogP contribution < -0.4 is 0 Å². The van der Waals surface area contributed by atoms with Crippen LogP contribution in [0.5, 0.6) is 0 Å². The molecule has 0 spiro atoms. The smallest absolute Gasteiger partial charge is 0.271 e. The number of hydrogen-bond donors (Lipinski definition) is 1. The number of aromatic nitrogens is 2. The molecule has 0 radical (unpaired) electrons. The average Bonchev–Trinajstić information content (AvgIpc) is 2.86. The molecule has 0 saturated heterocycles. The molecule has 0 amide bonds. The van der Waals surface area contributed by atoms with Crippen LogP contribution >= 0.6 is 0 Å². The maximum Gasteiger partial charge on any atom is 0.271 e. The largest absolute Gasteiger partial charge is 0.385 e. The Morgan fingerprint density at radius 1 is 1.27 bits per heavy atom. The summed E-state index contributed by atoms with van der Waals surface area (Å²) in [6.07, 6.45) is -0.754. The van der Waals surface area contributed by atoms with Crippen molar-refractivity contribution in [3.63, 3.8) is 0 Å². The number of aliphatic hydroxyl groups excluding tert-OH is 1. The molecule has 3 rings (SSSR count). The molecule has 6 nitrogen and oxygen atoms in total. The zero-order valence-corrected chi connectivity index (χ0v) is 12.0. The lowest BCUT2D eigenvalue weighted by Gasteiger charge is -2.11. The van der Waals surface area contributed by atoms with Crippen molar-refractivity contribution in [1.82, 2.24) is 9.55 Å². The van der Waals surface area contributed by atoms with Crippen LogP contribution in [0.3, 0.4) is 0 Å². The molecule has 1 N–H and O–H groups in total. The number of fused-ring (bicyclic) bond motifs is 1. The highest BCUT2D eigenvalue weighted by atomic mass is 16.6. The van der Waals surface area contributed by atoms with Gasteiger partial charge in [-0.05, 0) is 18.6 Å². The predicted octanol–water partition coefficient (Wildman–Crippen LogP) is 3.05. The summed E-state index contributed by atoms with van der Waals surface area (Å²) < 4.78 is 1.89. The van der Waals surface area contributed by atoms with Crippen LogP contribution in [0.4, 0.5) is 5.69 Å². The number of nitro groups is 1. The van der Waals surface area contributed by atoms with Gasteiger partial charge in [0.1, 0.15) is 11.9 Å². The Balaban J connectivity index is 2.14. The Kier molecular flexibility index (Phi) is 3.60. The summed E-state index contributed by atoms with van der Waals surface area (Å²) in [6, 6.07) is 14.4. The number of non-ortho nitro benzene ring substituents is 1. The second kappa shape index (κ2) is 5.57. The van der Waals surface area contributed by atoms with Gasteiger partial charge in [0.05, 0.1) is 16.0 Å². The summed E-state index contributed by atoms with van der Waals surface area (Å²) in [7, 11) is 0. The summed E-state index contributed by atoms with van der Waals surface area (Å²) in [6.45, 7) is 2.19. The van der Waals surface area contributed by atoms with Gasteiger partial charge in [0, 0.05) is 18.7 Å². The van der Waals surface area contributed by atoms with Crippen molar-refractivity contribution in [2.45, 2.75) is 19.6 Å². The summed E-state index contributed by atoms with van der Waals surface area (Å²) in [5.74, 6) is 0.499. The lowest BCUT2D eigenvalue weighted by molar-refractivity contribution is -0.384. The second-order valence-corrected chi connectivity index (χ2v) is 5.15. The van der Waals surface area contributed by atoms with Crippen LogP contribution in [0.2, 0.25) is 0 Å². The van der Waals surface area contributed by atoms with Crippen molar-refractivity contribution < 1.29 is 10.0 Å². The fraction of sp³-hybridized carbons (Fsp3) is 0.188. The van der Waals surface area contributed by atoms with Crippen molar-refractivity contribution in [2.24, 2.45) is 0 Å². The Morgan fingerprint density at radius 3 is 2.64 bits per heavy atom. The molecule has 112 valence electrons. The standard InChI is InChI=1S/C16H15N3O3/c1-11(20)16-17-14-9-13(19(21)22)7-8-15(14)18(16)10-12-5-3-2-4-6-12/h2-9,11,20H,10H2,1H3/t11-/m1/s1. The molecule has 2 aromatic carbocycles. The van der Waals surface area contributed by atoms with Gasteiger partial charge in [0.2, 0.25) is 0 Å². The molecule has 1 aromatic heterocycles. The number of imidazole rings is 1. The van der Waals surface area contributed by atoms with Gasteiger partial charge < -0.3 is 9.67 Å². The molecular weight excluding hydrogens is 282 g/mol. The van der Waals surface area contributed by atoms with E-state index in [1.165, 1.54) is 12.1 Å². The number of benzene rings is 2. The van der Waals surface area contributed by atoms with E-state index < -0.39 is 11.0 Å². The van der Waals surface area contributed by atoms with Crippen molar-refractivity contribution in [3.05, 3.63) is 70.0 Å². The highest BCUT2D eigenvalue weighted by molar-refractivity contribution is 5.79. The number of hydrogen-bond acceptors (Lipinski definition) is 4. The molecule has 0 aliphatic carbocycles. The number of nitro benzene ring substituents is 1. The fourth-order valence-corrected chi connectivity index (χ4v) is 2.50. The minimum Gasteiger partial charge on any atom is -0.385 e. The number of nitrogens with zero attached hydrogens (tertiary/aromatic N) is 3. The van der Waals surface area contributed by atoms with Crippen LogP contribution in [0, 0.1) is 10.1 Å². The Morgan fingerprint density at radius 2 is 2.00 bits per heavy atom. The molecule has 0 aliphatic rings. The molecule has 1 heterocycles. The van der Waals surface area contributed by atoms with E-state index in [1.807, 2.05) is 34.9 Å². The van der Waals surface area contributed by atoms with Crippen LogP contribution in [-0.2, 0) is 6.54 Å². The highest BCUT2D eigenvalue weighted by Gasteiger charge is 2.17. The third kappa shape index (κ3) is 2.56. The topological polar surface area (TPSA) is 81.2 Å². The quantitative estimate of drug-likeness (QED) is 0.593. The maximum atomic E-state index is 10.9. The number of rotatable bonds is 4. The van der Waals surface area contributed by atoms with Gasteiger partial charge in [-0.3, -0.25) is 10.1 Å². The zero-order valence-electron chi connectivity index (χ0n) is 12.0. The lowest BCUT2D eigenvalue weighted by atomic mass is 10.2. The first-order chi connectivity index (χ1) is 10.6. The normalized spacial score (nSPS) is 12.5. The van der Waals surface area contributed by atoms with Crippen LogP contribution in [0.25, 0.3) is 11.0 Å². The van der Waals surface area contributed by atoms with Crippen LogP contribution in [0.1, 0.15) is 24.4 Å². The Labute approximate surface area is 126 Å². The molecule has 1 atom stereocenters. The summed E-state index contributed by atoms with van der Waals surface area (Å²) in [4.78, 5) is 14.8. The molecule has 22 heavy (non-hydrogen) atoms. The third-order valence-corrected chi connectivity index (χ3v) is 3.53. The van der Waals surface area contributed by atoms with Gasteiger partial charge in [-0.1, -0.05) is 30.3 Å². The second-order valence-electron chi connectivity index (χ2n) is 5.15. The minimum absolute atomic E-state index is 0.00555. The number of aliphatic hydroxyl groups is 1. The minimum atomic E-state index is -0.754. The van der Waals surface area contributed by atoms with Gasteiger partial charge >= 0.3 is 0 Å². The Bertz CT molecular complexity index is 825. The fourth-order valence-electron chi connectivity index (χ4n) is 2.50. The molecule has 0 fully saturated rings. The van der Waals surface area contributed by atoms with Crippen molar-refractivity contribution >= 4 is 16.7 Å². The third-order valence-electron chi connectivity index (χ3n) is 3.53.